The van der Waals surface area contributed by atoms with E-state index in [0.717, 1.165) is 0 Å². The number of anilines is 1. The van der Waals surface area contributed by atoms with E-state index in [9.17, 15) is 0 Å². The molecule has 1 aliphatic rings. The molecule has 2 heteroatoms. The summed E-state index contributed by atoms with van der Waals surface area (Å²) in [5.41, 5.74) is 2.76. The van der Waals surface area contributed by atoms with Crippen molar-refractivity contribution < 1.29 is 0 Å². The summed E-state index contributed by atoms with van der Waals surface area (Å²) < 4.78 is 1.40. The lowest BCUT2D eigenvalue weighted by Gasteiger charge is -2.17. The lowest BCUT2D eigenvalue weighted by molar-refractivity contribution is 0.949. The number of nitrogens with zero attached hydrogens (tertiary/aromatic N) is 1. The molecule has 2 heterocycles. The summed E-state index contributed by atoms with van der Waals surface area (Å²) >= 11 is 1.94. The van der Waals surface area contributed by atoms with Crippen LogP contribution in [0.5, 0.6) is 0 Å². The van der Waals surface area contributed by atoms with E-state index in [0.29, 0.717) is 0 Å². The van der Waals surface area contributed by atoms with Crippen LogP contribution >= 0.6 is 11.3 Å². The summed E-state index contributed by atoms with van der Waals surface area (Å²) in [5.74, 6) is 0. The van der Waals surface area contributed by atoms with Crippen molar-refractivity contribution in [3.8, 4) is 11.1 Å². The lowest BCUT2D eigenvalue weighted by atomic mass is 10.0. The Hall–Kier alpha value is -1.80. The van der Waals surface area contributed by atoms with Crippen LogP contribution in [0.15, 0.2) is 54.6 Å². The largest absolute Gasteiger partial charge is 0.363 e. The fraction of sp³-hybridized carbons (Fsp3) is 0.222. The number of hydrogen-bond donors (Lipinski definition) is 0. The van der Waals surface area contributed by atoms with Crippen LogP contribution in [0.4, 0.5) is 5.00 Å². The maximum atomic E-state index is 2.56. The standard InChI is InChI=1S/C18H17NS/c1-2-8-14(9-3-1)17-15-10-4-5-11-16(15)20-18(17)19-12-6-7-13-19/h1-5,8-11H,6-7,12-13H2. The summed E-state index contributed by atoms with van der Waals surface area (Å²) in [5, 5.41) is 2.85. The number of hydrogen-bond acceptors (Lipinski definition) is 2. The molecule has 0 spiro atoms. The Morgan fingerprint density at radius 1 is 0.800 bits per heavy atom. The highest BCUT2D eigenvalue weighted by atomic mass is 32.1. The van der Waals surface area contributed by atoms with Gasteiger partial charge in [-0.2, -0.15) is 0 Å². The first kappa shape index (κ1) is 12.0. The van der Waals surface area contributed by atoms with Crippen molar-refractivity contribution >= 4 is 26.4 Å². The highest BCUT2D eigenvalue weighted by molar-refractivity contribution is 7.23. The van der Waals surface area contributed by atoms with Crippen LogP contribution in [0.1, 0.15) is 12.8 Å². The molecule has 100 valence electrons. The zero-order chi connectivity index (χ0) is 13.4. The maximum absolute atomic E-state index is 2.56. The van der Waals surface area contributed by atoms with Crippen molar-refractivity contribution in [1.82, 2.24) is 0 Å². The fourth-order valence-corrected chi connectivity index (χ4v) is 4.34. The van der Waals surface area contributed by atoms with Gasteiger partial charge >= 0.3 is 0 Å². The van der Waals surface area contributed by atoms with Gasteiger partial charge in [-0.15, -0.1) is 11.3 Å². The summed E-state index contributed by atoms with van der Waals surface area (Å²) in [6.45, 7) is 2.40. The molecule has 1 nitrogen and oxygen atoms in total. The van der Waals surface area contributed by atoms with Gasteiger partial charge in [-0.05, 0) is 24.5 Å². The minimum atomic E-state index is 1.20. The molecule has 1 aromatic heterocycles. The lowest BCUT2D eigenvalue weighted by Crippen LogP contribution is -2.16. The van der Waals surface area contributed by atoms with E-state index < -0.39 is 0 Å². The van der Waals surface area contributed by atoms with Crippen LogP contribution in [0.25, 0.3) is 21.2 Å². The Morgan fingerprint density at radius 3 is 2.30 bits per heavy atom. The molecule has 1 aliphatic heterocycles. The third-order valence-corrected chi connectivity index (χ3v) is 5.26. The Kier molecular flexibility index (Phi) is 2.96. The third-order valence-electron chi connectivity index (χ3n) is 4.03. The van der Waals surface area contributed by atoms with E-state index in [1.807, 2.05) is 11.3 Å². The van der Waals surface area contributed by atoms with Gasteiger partial charge in [0.15, 0.2) is 0 Å². The van der Waals surface area contributed by atoms with E-state index in [4.69, 9.17) is 0 Å². The zero-order valence-electron chi connectivity index (χ0n) is 11.4. The molecule has 1 fully saturated rings. The van der Waals surface area contributed by atoms with Crippen LogP contribution in [0.2, 0.25) is 0 Å². The zero-order valence-corrected chi connectivity index (χ0v) is 12.2. The maximum Gasteiger partial charge on any atom is 0.100 e. The summed E-state index contributed by atoms with van der Waals surface area (Å²) in [6, 6.07) is 19.6. The predicted octanol–water partition coefficient (Wildman–Crippen LogP) is 5.17. The topological polar surface area (TPSA) is 3.24 Å². The SMILES string of the molecule is c1ccc(-c2c(N3CCCC3)sc3ccccc23)cc1. The Balaban J connectivity index is 1.98. The summed E-state index contributed by atoms with van der Waals surface area (Å²) in [4.78, 5) is 2.56. The van der Waals surface area contributed by atoms with Crippen molar-refractivity contribution in [2.75, 3.05) is 18.0 Å². The summed E-state index contributed by atoms with van der Waals surface area (Å²) in [7, 11) is 0. The Labute approximate surface area is 123 Å². The average Bonchev–Trinajstić information content (AvgIpc) is 3.15. The second kappa shape index (κ2) is 4.95. The molecule has 4 rings (SSSR count). The van der Waals surface area contributed by atoms with E-state index in [2.05, 4.69) is 59.5 Å². The first-order valence-corrected chi connectivity index (χ1v) is 8.07. The van der Waals surface area contributed by atoms with Crippen molar-refractivity contribution in [2.24, 2.45) is 0 Å². The monoisotopic (exact) mass is 279 g/mol. The molecule has 0 unspecified atom stereocenters. The van der Waals surface area contributed by atoms with Crippen molar-refractivity contribution in [3.05, 3.63) is 54.6 Å². The van der Waals surface area contributed by atoms with Crippen LogP contribution in [-0.2, 0) is 0 Å². The van der Waals surface area contributed by atoms with Crippen molar-refractivity contribution in [2.45, 2.75) is 12.8 Å². The van der Waals surface area contributed by atoms with Gasteiger partial charge in [0.05, 0.1) is 0 Å². The van der Waals surface area contributed by atoms with Crippen molar-refractivity contribution in [3.63, 3.8) is 0 Å². The molecular weight excluding hydrogens is 262 g/mol. The molecule has 0 amide bonds. The molecule has 3 aromatic rings. The molecule has 0 bridgehead atoms. The highest BCUT2D eigenvalue weighted by Crippen LogP contribution is 2.45. The Morgan fingerprint density at radius 2 is 1.50 bits per heavy atom. The van der Waals surface area contributed by atoms with Crippen LogP contribution in [-0.4, -0.2) is 13.1 Å². The van der Waals surface area contributed by atoms with Crippen molar-refractivity contribution in [1.29, 1.82) is 0 Å². The minimum Gasteiger partial charge on any atom is -0.363 e. The fourth-order valence-electron chi connectivity index (χ4n) is 3.06. The first-order valence-electron chi connectivity index (χ1n) is 7.25. The molecule has 1 saturated heterocycles. The number of benzene rings is 2. The number of rotatable bonds is 2. The van der Waals surface area contributed by atoms with E-state index in [1.165, 1.54) is 52.1 Å². The van der Waals surface area contributed by atoms with E-state index >= 15 is 0 Å². The molecule has 0 aliphatic carbocycles. The molecule has 20 heavy (non-hydrogen) atoms. The average molecular weight is 279 g/mol. The molecule has 0 N–H and O–H groups in total. The Bertz CT molecular complexity index is 724. The number of thiophene rings is 1. The molecule has 0 atom stereocenters. The smallest absolute Gasteiger partial charge is 0.100 e. The van der Waals surface area contributed by atoms with Crippen LogP contribution in [0, 0.1) is 0 Å². The first-order chi connectivity index (χ1) is 9.93. The summed E-state index contributed by atoms with van der Waals surface area (Å²) in [6.07, 6.45) is 2.64. The second-order valence-electron chi connectivity index (χ2n) is 5.34. The minimum absolute atomic E-state index is 1.20. The van der Waals surface area contributed by atoms with Crippen LogP contribution in [0.3, 0.4) is 0 Å². The number of fused-ring (bicyclic) bond motifs is 1. The van der Waals surface area contributed by atoms with E-state index in [-0.39, 0.29) is 0 Å². The molecule has 2 aromatic carbocycles. The highest BCUT2D eigenvalue weighted by Gasteiger charge is 2.21. The van der Waals surface area contributed by atoms with Crippen LogP contribution < -0.4 is 4.90 Å². The van der Waals surface area contributed by atoms with Gasteiger partial charge in [0.25, 0.3) is 0 Å². The van der Waals surface area contributed by atoms with Gasteiger partial charge in [0.2, 0.25) is 0 Å². The van der Waals surface area contributed by atoms with Gasteiger partial charge < -0.3 is 4.90 Å². The van der Waals surface area contributed by atoms with Gasteiger partial charge in [0.1, 0.15) is 5.00 Å². The van der Waals surface area contributed by atoms with Gasteiger partial charge in [-0.3, -0.25) is 0 Å². The van der Waals surface area contributed by atoms with Gasteiger partial charge in [-0.25, -0.2) is 0 Å². The quantitative estimate of drug-likeness (QED) is 0.625. The second-order valence-corrected chi connectivity index (χ2v) is 6.37. The van der Waals surface area contributed by atoms with Gasteiger partial charge in [0, 0.05) is 28.7 Å². The predicted molar refractivity (Wildman–Crippen MR) is 88.7 cm³/mol. The normalized spacial score (nSPS) is 15.1. The van der Waals surface area contributed by atoms with Gasteiger partial charge in [-0.1, -0.05) is 48.5 Å². The molecule has 0 saturated carbocycles. The van der Waals surface area contributed by atoms with E-state index in [1.54, 1.807) is 0 Å². The molecular formula is C18H17NS. The molecule has 0 radical (unpaired) electrons. The third kappa shape index (κ3) is 1.92.